The first kappa shape index (κ1) is 13.3. The molecule has 21 heavy (non-hydrogen) atoms. The Morgan fingerprint density at radius 2 is 1.57 bits per heavy atom. The van der Waals surface area contributed by atoms with E-state index in [0.717, 1.165) is 33.6 Å². The number of pyridine rings is 1. The average molecular weight is 276 g/mol. The van der Waals surface area contributed by atoms with Crippen LogP contribution in [0.15, 0.2) is 54.9 Å². The molecule has 0 unspecified atom stereocenters. The Labute approximate surface area is 123 Å². The summed E-state index contributed by atoms with van der Waals surface area (Å²) in [4.78, 5) is 19.5. The van der Waals surface area contributed by atoms with Crippen LogP contribution in [0.1, 0.15) is 22.8 Å². The van der Waals surface area contributed by atoms with E-state index in [1.54, 1.807) is 19.3 Å². The second-order valence-electron chi connectivity index (χ2n) is 5.03. The molecule has 0 aliphatic rings. The monoisotopic (exact) mass is 276 g/mol. The molecule has 0 aliphatic heterocycles. The van der Waals surface area contributed by atoms with Crippen molar-refractivity contribution in [3.8, 4) is 22.5 Å². The SMILES string of the molecule is CC(=O)c1c(-c2ccncc2)[nH]c(-c2ccccc2)c1C. The van der Waals surface area contributed by atoms with Gasteiger partial charge in [-0.3, -0.25) is 9.78 Å². The molecule has 3 heteroatoms. The van der Waals surface area contributed by atoms with E-state index >= 15 is 0 Å². The molecular formula is C18H16N2O. The van der Waals surface area contributed by atoms with Crippen molar-refractivity contribution in [2.24, 2.45) is 0 Å². The average Bonchev–Trinajstić information content (AvgIpc) is 2.87. The molecule has 104 valence electrons. The number of nitrogens with zero attached hydrogens (tertiary/aromatic N) is 1. The highest BCUT2D eigenvalue weighted by molar-refractivity contribution is 6.03. The van der Waals surface area contributed by atoms with Crippen molar-refractivity contribution < 1.29 is 4.79 Å². The van der Waals surface area contributed by atoms with Gasteiger partial charge in [0.2, 0.25) is 0 Å². The van der Waals surface area contributed by atoms with Crippen molar-refractivity contribution in [3.05, 3.63) is 66.0 Å². The fraction of sp³-hybridized carbons (Fsp3) is 0.111. The van der Waals surface area contributed by atoms with Crippen LogP contribution in [0.2, 0.25) is 0 Å². The lowest BCUT2D eigenvalue weighted by atomic mass is 10.0. The first-order chi connectivity index (χ1) is 10.2. The number of carbonyl (C=O) groups excluding carboxylic acids is 1. The molecule has 3 aromatic rings. The molecular weight excluding hydrogens is 260 g/mol. The van der Waals surface area contributed by atoms with Gasteiger partial charge in [0.15, 0.2) is 5.78 Å². The fourth-order valence-electron chi connectivity index (χ4n) is 2.66. The van der Waals surface area contributed by atoms with Gasteiger partial charge in [0.25, 0.3) is 0 Å². The molecule has 0 fully saturated rings. The first-order valence-corrected chi connectivity index (χ1v) is 6.88. The Hall–Kier alpha value is -2.68. The minimum Gasteiger partial charge on any atom is -0.354 e. The maximum absolute atomic E-state index is 12.1. The molecule has 2 heterocycles. The molecule has 0 saturated carbocycles. The van der Waals surface area contributed by atoms with Crippen LogP contribution in [0.25, 0.3) is 22.5 Å². The van der Waals surface area contributed by atoms with Crippen LogP contribution in [-0.4, -0.2) is 15.8 Å². The van der Waals surface area contributed by atoms with Crippen molar-refractivity contribution >= 4 is 5.78 Å². The second-order valence-corrected chi connectivity index (χ2v) is 5.03. The highest BCUT2D eigenvalue weighted by Crippen LogP contribution is 2.33. The van der Waals surface area contributed by atoms with Gasteiger partial charge in [-0.1, -0.05) is 30.3 Å². The number of Topliss-reactive ketones (excluding diaryl/α,β-unsaturated/α-hetero) is 1. The van der Waals surface area contributed by atoms with Crippen LogP contribution in [0.3, 0.4) is 0 Å². The molecule has 0 saturated heterocycles. The van der Waals surface area contributed by atoms with E-state index in [0.29, 0.717) is 0 Å². The van der Waals surface area contributed by atoms with Gasteiger partial charge in [-0.25, -0.2) is 0 Å². The Kier molecular flexibility index (Phi) is 3.40. The quantitative estimate of drug-likeness (QED) is 0.727. The molecule has 2 aromatic heterocycles. The van der Waals surface area contributed by atoms with E-state index in [4.69, 9.17) is 0 Å². The summed E-state index contributed by atoms with van der Waals surface area (Å²) in [5.74, 6) is 0.0674. The molecule has 0 spiro atoms. The molecule has 0 amide bonds. The van der Waals surface area contributed by atoms with Gasteiger partial charge >= 0.3 is 0 Å². The summed E-state index contributed by atoms with van der Waals surface area (Å²) in [6.45, 7) is 3.59. The first-order valence-electron chi connectivity index (χ1n) is 6.88. The molecule has 1 aromatic carbocycles. The zero-order valence-corrected chi connectivity index (χ0v) is 12.1. The van der Waals surface area contributed by atoms with Crippen LogP contribution < -0.4 is 0 Å². The van der Waals surface area contributed by atoms with Crippen LogP contribution >= 0.6 is 0 Å². The summed E-state index contributed by atoms with van der Waals surface area (Å²) in [6.07, 6.45) is 3.47. The normalized spacial score (nSPS) is 10.6. The number of rotatable bonds is 3. The van der Waals surface area contributed by atoms with Gasteiger partial charge in [-0.05, 0) is 37.1 Å². The standard InChI is InChI=1S/C18H16N2O/c1-12-16(13(2)21)18(15-8-10-19-11-9-15)20-17(12)14-6-4-3-5-7-14/h3-11,20H,1-2H3. The fourth-order valence-corrected chi connectivity index (χ4v) is 2.66. The number of aromatic nitrogens is 2. The summed E-state index contributed by atoms with van der Waals surface area (Å²) < 4.78 is 0. The maximum Gasteiger partial charge on any atom is 0.162 e. The van der Waals surface area contributed by atoms with Crippen LogP contribution in [0.4, 0.5) is 0 Å². The Balaban J connectivity index is 2.24. The third-order valence-electron chi connectivity index (χ3n) is 3.63. The number of hydrogen-bond donors (Lipinski definition) is 1. The Bertz CT molecular complexity index is 774. The Morgan fingerprint density at radius 1 is 0.952 bits per heavy atom. The van der Waals surface area contributed by atoms with Gasteiger partial charge in [-0.2, -0.15) is 0 Å². The van der Waals surface area contributed by atoms with E-state index in [1.165, 1.54) is 0 Å². The van der Waals surface area contributed by atoms with Crippen molar-refractivity contribution in [1.82, 2.24) is 9.97 Å². The summed E-state index contributed by atoms with van der Waals surface area (Å²) >= 11 is 0. The predicted molar refractivity (Wildman–Crippen MR) is 84.2 cm³/mol. The van der Waals surface area contributed by atoms with E-state index in [2.05, 4.69) is 9.97 Å². The minimum atomic E-state index is 0.0674. The number of nitrogens with one attached hydrogen (secondary N) is 1. The number of carbonyl (C=O) groups is 1. The molecule has 0 radical (unpaired) electrons. The highest BCUT2D eigenvalue weighted by Gasteiger charge is 2.19. The minimum absolute atomic E-state index is 0.0674. The highest BCUT2D eigenvalue weighted by atomic mass is 16.1. The molecule has 3 nitrogen and oxygen atoms in total. The smallest absolute Gasteiger partial charge is 0.162 e. The number of H-pyrrole nitrogens is 1. The van der Waals surface area contributed by atoms with Crippen molar-refractivity contribution in [3.63, 3.8) is 0 Å². The summed E-state index contributed by atoms with van der Waals surface area (Å²) in [7, 11) is 0. The summed E-state index contributed by atoms with van der Waals surface area (Å²) in [5, 5.41) is 0. The number of hydrogen-bond acceptors (Lipinski definition) is 2. The lowest BCUT2D eigenvalue weighted by Gasteiger charge is -2.01. The van der Waals surface area contributed by atoms with Gasteiger partial charge in [0, 0.05) is 29.2 Å². The van der Waals surface area contributed by atoms with E-state index in [-0.39, 0.29) is 5.78 Å². The van der Waals surface area contributed by atoms with E-state index in [9.17, 15) is 4.79 Å². The zero-order valence-electron chi connectivity index (χ0n) is 12.1. The van der Waals surface area contributed by atoms with Crippen molar-refractivity contribution in [2.75, 3.05) is 0 Å². The van der Waals surface area contributed by atoms with Gasteiger partial charge in [-0.15, -0.1) is 0 Å². The summed E-state index contributed by atoms with van der Waals surface area (Å²) in [6, 6.07) is 13.9. The topological polar surface area (TPSA) is 45.8 Å². The molecule has 0 bridgehead atoms. The Morgan fingerprint density at radius 3 is 2.19 bits per heavy atom. The number of benzene rings is 1. The summed E-state index contributed by atoms with van der Waals surface area (Å²) in [5.41, 5.74) is 5.65. The lowest BCUT2D eigenvalue weighted by molar-refractivity contribution is 0.101. The van der Waals surface area contributed by atoms with Crippen LogP contribution in [0, 0.1) is 6.92 Å². The van der Waals surface area contributed by atoms with Gasteiger partial charge in [0.1, 0.15) is 0 Å². The maximum atomic E-state index is 12.1. The van der Waals surface area contributed by atoms with Crippen molar-refractivity contribution in [1.29, 1.82) is 0 Å². The third-order valence-corrected chi connectivity index (χ3v) is 3.63. The van der Waals surface area contributed by atoms with Crippen LogP contribution in [-0.2, 0) is 0 Å². The van der Waals surface area contributed by atoms with Gasteiger partial charge in [0.05, 0.1) is 5.69 Å². The number of aromatic amines is 1. The third kappa shape index (κ3) is 2.38. The van der Waals surface area contributed by atoms with E-state index in [1.807, 2.05) is 49.4 Å². The van der Waals surface area contributed by atoms with E-state index < -0.39 is 0 Å². The second kappa shape index (κ2) is 5.37. The zero-order chi connectivity index (χ0) is 14.8. The van der Waals surface area contributed by atoms with Crippen molar-refractivity contribution in [2.45, 2.75) is 13.8 Å². The largest absolute Gasteiger partial charge is 0.354 e. The molecule has 3 rings (SSSR count). The molecule has 0 aliphatic carbocycles. The molecule has 1 N–H and O–H groups in total. The van der Waals surface area contributed by atoms with Crippen LogP contribution in [0.5, 0.6) is 0 Å². The molecule has 0 atom stereocenters. The lowest BCUT2D eigenvalue weighted by Crippen LogP contribution is -1.95. The van der Waals surface area contributed by atoms with Gasteiger partial charge < -0.3 is 4.98 Å². The number of ketones is 1. The predicted octanol–water partition coefficient (Wildman–Crippen LogP) is 4.25.